The summed E-state index contributed by atoms with van der Waals surface area (Å²) in [6.07, 6.45) is 1.58. The van der Waals surface area contributed by atoms with Gasteiger partial charge in [0.05, 0.1) is 0 Å². The predicted octanol–water partition coefficient (Wildman–Crippen LogP) is 3.18. The normalized spacial score (nSPS) is 14.3. The summed E-state index contributed by atoms with van der Waals surface area (Å²) in [5.41, 5.74) is 0.842. The molecule has 2 unspecified atom stereocenters. The first kappa shape index (κ1) is 28.6. The third-order valence-electron chi connectivity index (χ3n) is 4.27. The van der Waals surface area contributed by atoms with Gasteiger partial charge in [0.15, 0.2) is 0 Å². The molecule has 0 aromatic heterocycles. The molecule has 8 nitrogen and oxygen atoms in total. The fourth-order valence-electron chi connectivity index (χ4n) is 3.07. The molecule has 24 heavy (non-hydrogen) atoms. The molecule has 0 aliphatic rings. The molecule has 6 N–H and O–H groups in total. The Morgan fingerprint density at radius 2 is 0.875 bits per heavy atom. The second kappa shape index (κ2) is 13.1. The summed E-state index contributed by atoms with van der Waals surface area (Å²) in [6, 6.07) is 0. The van der Waals surface area contributed by atoms with E-state index in [1.165, 1.54) is 0 Å². The van der Waals surface area contributed by atoms with Crippen LogP contribution in [-0.4, -0.2) is 60.3 Å². The highest BCUT2D eigenvalue weighted by molar-refractivity contribution is 6.66. The van der Waals surface area contributed by atoms with Gasteiger partial charge in [0.25, 0.3) is 0 Å². The molecule has 0 aromatic carbocycles. The lowest BCUT2D eigenvalue weighted by atomic mass is 10.1. The molecule has 0 spiro atoms. The third kappa shape index (κ3) is 5.43. The average Bonchev–Trinajstić information content (AvgIpc) is 2.57. The second-order valence-electron chi connectivity index (χ2n) is 4.93. The minimum Gasteiger partial charge on any atom is -0.376 e. The van der Waals surface area contributed by atoms with Crippen LogP contribution in [-0.2, 0) is 26.6 Å². The molecule has 0 bridgehead atoms. The maximum atomic E-state index is 5.65. The zero-order chi connectivity index (χ0) is 17.4. The zero-order valence-electron chi connectivity index (χ0n) is 16.6. The quantitative estimate of drug-likeness (QED) is 0.387. The Hall–Kier alpha value is -0.146. The standard InChI is InChI=1S/C14H32O6Si2.2H3N/c1-10-13(21(15-4,16-5)17-6)12(3)14(11-2)22(18-7,19-8)20-9;;/h13-14H,3,10-11H2,1-2,4-9H3;2*1H3. The van der Waals surface area contributed by atoms with Crippen molar-refractivity contribution in [2.75, 3.05) is 42.7 Å². The van der Waals surface area contributed by atoms with Crippen LogP contribution in [0.1, 0.15) is 26.7 Å². The van der Waals surface area contributed by atoms with Gasteiger partial charge in [0.2, 0.25) is 0 Å². The topological polar surface area (TPSA) is 125 Å². The number of hydrogen-bond donors (Lipinski definition) is 2. The Morgan fingerprint density at radius 1 is 0.667 bits per heavy atom. The van der Waals surface area contributed by atoms with E-state index in [9.17, 15) is 0 Å². The molecule has 0 amide bonds. The van der Waals surface area contributed by atoms with Crippen molar-refractivity contribution in [1.29, 1.82) is 0 Å². The number of hydrogen-bond acceptors (Lipinski definition) is 8. The van der Waals surface area contributed by atoms with Crippen LogP contribution in [0.4, 0.5) is 0 Å². The fraction of sp³-hybridized carbons (Fsp3) is 0.857. The molecule has 0 fully saturated rings. The molecule has 0 rings (SSSR count). The molecule has 0 aliphatic heterocycles. The van der Waals surface area contributed by atoms with Gasteiger partial charge in [-0.25, -0.2) is 0 Å². The Morgan fingerprint density at radius 3 is 1.00 bits per heavy atom. The fourth-order valence-corrected chi connectivity index (χ4v) is 8.26. The smallest absolute Gasteiger partial charge is 0.376 e. The van der Waals surface area contributed by atoms with E-state index in [0.29, 0.717) is 0 Å². The lowest BCUT2D eigenvalue weighted by Gasteiger charge is -2.39. The molecule has 0 saturated carbocycles. The summed E-state index contributed by atoms with van der Waals surface area (Å²) in [6.45, 7) is 8.44. The molecule has 0 saturated heterocycles. The third-order valence-corrected chi connectivity index (χ3v) is 11.0. The maximum absolute atomic E-state index is 5.65. The van der Waals surface area contributed by atoms with Crippen molar-refractivity contribution in [3.63, 3.8) is 0 Å². The van der Waals surface area contributed by atoms with Crippen LogP contribution in [0.25, 0.3) is 0 Å². The Kier molecular flexibility index (Phi) is 15.6. The SMILES string of the molecule is C=C(C(CC)[Si](OC)(OC)OC)C(CC)[Si](OC)(OC)OC.N.N. The van der Waals surface area contributed by atoms with E-state index < -0.39 is 17.6 Å². The van der Waals surface area contributed by atoms with Gasteiger partial charge < -0.3 is 38.9 Å². The van der Waals surface area contributed by atoms with Crippen LogP contribution in [0.2, 0.25) is 11.1 Å². The lowest BCUT2D eigenvalue weighted by molar-refractivity contribution is 0.106. The molecule has 2 atom stereocenters. The molecule has 10 heteroatoms. The molecule has 0 radical (unpaired) electrons. The largest absolute Gasteiger partial charge is 0.507 e. The molecular weight excluding hydrogens is 348 g/mol. The first-order chi connectivity index (χ1) is 10.4. The van der Waals surface area contributed by atoms with Gasteiger partial charge in [-0.2, -0.15) is 0 Å². The molecule has 0 heterocycles. The van der Waals surface area contributed by atoms with Gasteiger partial charge in [-0.15, -0.1) is 0 Å². The van der Waals surface area contributed by atoms with Crippen LogP contribution in [0.15, 0.2) is 12.2 Å². The van der Waals surface area contributed by atoms with Crippen LogP contribution in [0.3, 0.4) is 0 Å². The van der Waals surface area contributed by atoms with Crippen LogP contribution < -0.4 is 12.3 Å². The number of allylic oxidation sites excluding steroid dienone is 1. The van der Waals surface area contributed by atoms with Crippen molar-refractivity contribution in [3.8, 4) is 0 Å². The van der Waals surface area contributed by atoms with Gasteiger partial charge in [-0.1, -0.05) is 26.0 Å². The van der Waals surface area contributed by atoms with Gasteiger partial charge in [-0.05, 0) is 12.8 Å². The summed E-state index contributed by atoms with van der Waals surface area (Å²) in [7, 11) is 3.99. The average molecular weight is 387 g/mol. The van der Waals surface area contributed by atoms with Crippen molar-refractivity contribution >= 4 is 17.6 Å². The summed E-state index contributed by atoms with van der Waals surface area (Å²) in [5, 5.41) is 0. The maximum Gasteiger partial charge on any atom is 0.507 e. The van der Waals surface area contributed by atoms with E-state index >= 15 is 0 Å². The van der Waals surface area contributed by atoms with Crippen molar-refractivity contribution in [3.05, 3.63) is 12.2 Å². The van der Waals surface area contributed by atoms with Crippen LogP contribution >= 0.6 is 0 Å². The minimum atomic E-state index is -2.85. The van der Waals surface area contributed by atoms with E-state index in [-0.39, 0.29) is 23.4 Å². The first-order valence-corrected chi connectivity index (χ1v) is 11.0. The summed E-state index contributed by atoms with van der Waals surface area (Å²) in [5.74, 6) is 0. The monoisotopic (exact) mass is 386 g/mol. The van der Waals surface area contributed by atoms with Gasteiger partial charge in [-0.3, -0.25) is 0 Å². The number of rotatable bonds is 12. The van der Waals surface area contributed by atoms with E-state index in [1.807, 2.05) is 0 Å². The molecular formula is C14H38N2O6Si2. The Balaban J connectivity index is -0.00000220. The summed E-state index contributed by atoms with van der Waals surface area (Å²) >= 11 is 0. The van der Waals surface area contributed by atoms with Crippen LogP contribution in [0, 0.1) is 0 Å². The minimum absolute atomic E-state index is 0. The Labute approximate surface area is 149 Å². The predicted molar refractivity (Wildman–Crippen MR) is 101 cm³/mol. The first-order valence-electron chi connectivity index (χ1n) is 7.41. The van der Waals surface area contributed by atoms with Crippen molar-refractivity contribution in [1.82, 2.24) is 12.3 Å². The summed E-state index contributed by atoms with van der Waals surface area (Å²) in [4.78, 5) is 0. The highest BCUT2D eigenvalue weighted by atomic mass is 28.4. The van der Waals surface area contributed by atoms with E-state index in [4.69, 9.17) is 26.6 Å². The van der Waals surface area contributed by atoms with E-state index in [0.717, 1.165) is 18.4 Å². The lowest BCUT2D eigenvalue weighted by Crippen LogP contribution is -2.52. The van der Waals surface area contributed by atoms with Crippen LogP contribution in [0.5, 0.6) is 0 Å². The summed E-state index contributed by atoms with van der Waals surface area (Å²) < 4.78 is 33.9. The zero-order valence-corrected chi connectivity index (χ0v) is 18.6. The van der Waals surface area contributed by atoms with Gasteiger partial charge >= 0.3 is 17.6 Å². The highest BCUT2D eigenvalue weighted by Crippen LogP contribution is 2.45. The van der Waals surface area contributed by atoms with E-state index in [1.54, 1.807) is 42.7 Å². The molecule has 0 aromatic rings. The highest BCUT2D eigenvalue weighted by Gasteiger charge is 2.55. The molecule has 148 valence electrons. The van der Waals surface area contributed by atoms with Crippen molar-refractivity contribution < 1.29 is 26.6 Å². The second-order valence-corrected chi connectivity index (χ2v) is 11.2. The van der Waals surface area contributed by atoms with Gasteiger partial charge in [0.1, 0.15) is 0 Å². The van der Waals surface area contributed by atoms with Crippen molar-refractivity contribution in [2.45, 2.75) is 37.8 Å². The van der Waals surface area contributed by atoms with Crippen molar-refractivity contribution in [2.24, 2.45) is 0 Å². The van der Waals surface area contributed by atoms with Gasteiger partial charge in [0, 0.05) is 53.7 Å². The Bertz CT molecular complexity index is 295. The molecule has 0 aliphatic carbocycles. The van der Waals surface area contributed by atoms with E-state index in [2.05, 4.69) is 20.4 Å².